The molecular weight excluding hydrogens is 224 g/mol. The van der Waals surface area contributed by atoms with Crippen LogP contribution >= 0.6 is 0 Å². The minimum absolute atomic E-state index is 0.0457. The molecule has 0 saturated heterocycles. The molecule has 0 aliphatic rings. The van der Waals surface area contributed by atoms with Crippen LogP contribution in [0.3, 0.4) is 0 Å². The highest BCUT2D eigenvalue weighted by Gasteiger charge is 2.25. The molecule has 0 atom stereocenters. The third-order valence-electron chi connectivity index (χ3n) is 2.78. The molecule has 4 heteroatoms. The van der Waals surface area contributed by atoms with Crippen LogP contribution in [0.15, 0.2) is 24.5 Å². The third kappa shape index (κ3) is 2.28. The molecule has 0 aliphatic heterocycles. The Morgan fingerprint density at radius 2 is 1.89 bits per heavy atom. The van der Waals surface area contributed by atoms with Crippen molar-refractivity contribution < 1.29 is 0 Å². The average molecular weight is 244 g/mol. The van der Waals surface area contributed by atoms with Crippen LogP contribution < -0.4 is 0 Å². The number of rotatable bonds is 2. The third-order valence-corrected chi connectivity index (χ3v) is 2.78. The molecule has 4 nitrogen and oxygen atoms in total. The SMILES string of the molecule is CC(C)c1nnc(C(C)(C)C)n1-c1cccnc1. The largest absolute Gasteiger partial charge is 0.281 e. The van der Waals surface area contributed by atoms with E-state index >= 15 is 0 Å². The first-order valence-corrected chi connectivity index (χ1v) is 6.27. The molecule has 2 heterocycles. The summed E-state index contributed by atoms with van der Waals surface area (Å²) in [7, 11) is 0. The molecule has 0 unspecified atom stereocenters. The molecule has 0 fully saturated rings. The van der Waals surface area contributed by atoms with Crippen molar-refractivity contribution in [1.29, 1.82) is 0 Å². The second-order valence-corrected chi connectivity index (χ2v) is 5.83. The molecular formula is C14H20N4. The van der Waals surface area contributed by atoms with Gasteiger partial charge >= 0.3 is 0 Å². The fourth-order valence-corrected chi connectivity index (χ4v) is 1.90. The van der Waals surface area contributed by atoms with E-state index < -0.39 is 0 Å². The van der Waals surface area contributed by atoms with Gasteiger partial charge in [0.15, 0.2) is 0 Å². The van der Waals surface area contributed by atoms with Crippen molar-refractivity contribution in [2.45, 2.75) is 46.0 Å². The smallest absolute Gasteiger partial charge is 0.143 e. The Hall–Kier alpha value is -1.71. The Bertz CT molecular complexity index is 520. The monoisotopic (exact) mass is 244 g/mol. The quantitative estimate of drug-likeness (QED) is 0.815. The molecule has 0 radical (unpaired) electrons. The van der Waals surface area contributed by atoms with Gasteiger partial charge in [0.2, 0.25) is 0 Å². The highest BCUT2D eigenvalue weighted by atomic mass is 15.3. The molecule has 0 spiro atoms. The lowest BCUT2D eigenvalue weighted by Crippen LogP contribution is -2.19. The first-order chi connectivity index (χ1) is 8.41. The number of nitrogens with zero attached hydrogens (tertiary/aromatic N) is 4. The highest BCUT2D eigenvalue weighted by Crippen LogP contribution is 2.26. The van der Waals surface area contributed by atoms with E-state index in [-0.39, 0.29) is 5.41 Å². The van der Waals surface area contributed by atoms with Crippen LogP contribution in [0.25, 0.3) is 5.69 Å². The maximum atomic E-state index is 4.37. The van der Waals surface area contributed by atoms with Crippen molar-refractivity contribution in [1.82, 2.24) is 19.7 Å². The first-order valence-electron chi connectivity index (χ1n) is 6.27. The minimum atomic E-state index is -0.0457. The van der Waals surface area contributed by atoms with Crippen LogP contribution in [0.2, 0.25) is 0 Å². The lowest BCUT2D eigenvalue weighted by molar-refractivity contribution is 0.529. The van der Waals surface area contributed by atoms with E-state index in [2.05, 4.69) is 54.4 Å². The van der Waals surface area contributed by atoms with Crippen LogP contribution in [0.5, 0.6) is 0 Å². The van der Waals surface area contributed by atoms with Gasteiger partial charge in [0.25, 0.3) is 0 Å². The Morgan fingerprint density at radius 3 is 2.39 bits per heavy atom. The second-order valence-electron chi connectivity index (χ2n) is 5.83. The summed E-state index contributed by atoms with van der Waals surface area (Å²) in [5.41, 5.74) is 0.979. The molecule has 0 aliphatic carbocycles. The van der Waals surface area contributed by atoms with Gasteiger partial charge in [0, 0.05) is 17.5 Å². The van der Waals surface area contributed by atoms with Gasteiger partial charge in [-0.15, -0.1) is 10.2 Å². The zero-order valence-corrected chi connectivity index (χ0v) is 11.7. The summed E-state index contributed by atoms with van der Waals surface area (Å²) in [6, 6.07) is 3.98. The van der Waals surface area contributed by atoms with Crippen molar-refractivity contribution in [2.75, 3.05) is 0 Å². The lowest BCUT2D eigenvalue weighted by atomic mass is 9.95. The molecule has 2 rings (SSSR count). The van der Waals surface area contributed by atoms with E-state index in [0.29, 0.717) is 5.92 Å². The van der Waals surface area contributed by atoms with Gasteiger partial charge in [-0.3, -0.25) is 9.55 Å². The average Bonchev–Trinajstić information content (AvgIpc) is 2.74. The van der Waals surface area contributed by atoms with Crippen LogP contribution in [0, 0.1) is 0 Å². The number of hydrogen-bond acceptors (Lipinski definition) is 3. The fraction of sp³-hybridized carbons (Fsp3) is 0.500. The maximum Gasteiger partial charge on any atom is 0.143 e. The number of pyridine rings is 1. The summed E-state index contributed by atoms with van der Waals surface area (Å²) in [5, 5.41) is 8.71. The van der Waals surface area contributed by atoms with Crippen molar-refractivity contribution in [3.05, 3.63) is 36.2 Å². The predicted octanol–water partition coefficient (Wildman–Crippen LogP) is 3.08. The van der Waals surface area contributed by atoms with Gasteiger partial charge in [0.1, 0.15) is 11.6 Å². The standard InChI is InChI=1S/C14H20N4/c1-10(2)12-16-17-13(14(3,4)5)18(12)11-7-6-8-15-9-11/h6-10H,1-5H3. The predicted molar refractivity (Wildman–Crippen MR) is 71.9 cm³/mol. The first kappa shape index (κ1) is 12.7. The summed E-state index contributed by atoms with van der Waals surface area (Å²) in [6.07, 6.45) is 3.63. The number of hydrogen-bond donors (Lipinski definition) is 0. The molecule has 0 aromatic carbocycles. The Kier molecular flexibility index (Phi) is 3.20. The van der Waals surface area contributed by atoms with Gasteiger partial charge < -0.3 is 0 Å². The van der Waals surface area contributed by atoms with Crippen LogP contribution in [0.1, 0.15) is 52.2 Å². The number of aromatic nitrogens is 4. The molecule has 96 valence electrons. The van der Waals surface area contributed by atoms with E-state index in [9.17, 15) is 0 Å². The van der Waals surface area contributed by atoms with E-state index in [1.165, 1.54) is 0 Å². The Morgan fingerprint density at radius 1 is 1.17 bits per heavy atom. The van der Waals surface area contributed by atoms with Gasteiger partial charge in [-0.2, -0.15) is 0 Å². The molecule has 18 heavy (non-hydrogen) atoms. The summed E-state index contributed by atoms with van der Waals surface area (Å²) >= 11 is 0. The maximum absolute atomic E-state index is 4.37. The summed E-state index contributed by atoms with van der Waals surface area (Å²) in [4.78, 5) is 4.19. The van der Waals surface area contributed by atoms with Crippen molar-refractivity contribution in [2.24, 2.45) is 0 Å². The fourth-order valence-electron chi connectivity index (χ4n) is 1.90. The minimum Gasteiger partial charge on any atom is -0.281 e. The van der Waals surface area contributed by atoms with Gasteiger partial charge in [-0.05, 0) is 12.1 Å². The zero-order valence-electron chi connectivity index (χ0n) is 11.7. The molecule has 2 aromatic heterocycles. The summed E-state index contributed by atoms with van der Waals surface area (Å²) < 4.78 is 2.12. The van der Waals surface area contributed by atoms with Crippen LogP contribution in [0.4, 0.5) is 0 Å². The normalized spacial score (nSPS) is 12.1. The van der Waals surface area contributed by atoms with E-state index in [1.54, 1.807) is 6.20 Å². The van der Waals surface area contributed by atoms with Crippen LogP contribution in [-0.2, 0) is 5.41 Å². The topological polar surface area (TPSA) is 43.6 Å². The zero-order chi connectivity index (χ0) is 13.3. The Labute approximate surface area is 108 Å². The lowest BCUT2D eigenvalue weighted by Gasteiger charge is -2.20. The molecule has 0 amide bonds. The van der Waals surface area contributed by atoms with Gasteiger partial charge in [0.05, 0.1) is 11.9 Å². The summed E-state index contributed by atoms with van der Waals surface area (Å²) in [6.45, 7) is 10.7. The van der Waals surface area contributed by atoms with Gasteiger partial charge in [-0.25, -0.2) is 0 Å². The Balaban J connectivity index is 2.66. The molecule has 2 aromatic rings. The molecule has 0 saturated carbocycles. The highest BCUT2D eigenvalue weighted by molar-refractivity contribution is 5.33. The van der Waals surface area contributed by atoms with Crippen molar-refractivity contribution >= 4 is 0 Å². The van der Waals surface area contributed by atoms with E-state index in [4.69, 9.17) is 0 Å². The van der Waals surface area contributed by atoms with Crippen molar-refractivity contribution in [3.8, 4) is 5.69 Å². The van der Waals surface area contributed by atoms with E-state index in [1.807, 2.05) is 18.3 Å². The molecule has 0 N–H and O–H groups in total. The van der Waals surface area contributed by atoms with Crippen LogP contribution in [-0.4, -0.2) is 19.7 Å². The van der Waals surface area contributed by atoms with E-state index in [0.717, 1.165) is 17.3 Å². The second kappa shape index (κ2) is 4.52. The summed E-state index contributed by atoms with van der Waals surface area (Å²) in [5.74, 6) is 2.28. The van der Waals surface area contributed by atoms with Crippen molar-refractivity contribution in [3.63, 3.8) is 0 Å². The molecule has 0 bridgehead atoms. The van der Waals surface area contributed by atoms with Gasteiger partial charge in [-0.1, -0.05) is 34.6 Å².